The van der Waals surface area contributed by atoms with Crippen molar-refractivity contribution in [2.24, 2.45) is 0 Å². The van der Waals surface area contributed by atoms with Crippen LogP contribution in [0.2, 0.25) is 5.02 Å². The number of aromatic nitrogens is 2. The zero-order chi connectivity index (χ0) is 13.8. The Balaban J connectivity index is 2.03. The zero-order valence-corrected chi connectivity index (χ0v) is 10.3. The third kappa shape index (κ3) is 3.08. The Bertz CT molecular complexity index is 609. The van der Waals surface area contributed by atoms with Crippen LogP contribution in [0.25, 0.3) is 0 Å². The first kappa shape index (κ1) is 13.0. The molecule has 0 spiro atoms. The van der Waals surface area contributed by atoms with Crippen LogP contribution >= 0.6 is 11.6 Å². The van der Waals surface area contributed by atoms with E-state index in [1.807, 2.05) is 0 Å². The minimum Gasteiger partial charge on any atom is -0.469 e. The molecule has 1 aromatic carbocycles. The van der Waals surface area contributed by atoms with E-state index >= 15 is 0 Å². The maximum absolute atomic E-state index is 10.6. The molecule has 2 aromatic rings. The summed E-state index contributed by atoms with van der Waals surface area (Å²) in [5, 5.41) is 14.2. The molecular formula is C11H8ClN3O4. The standard InChI is InChI=1S/C11H8ClN3O4/c12-10-5-14(13-11(10)15(17)18)7-19-9-3-1-8(6-16)2-4-9/h1-6H,7H2. The summed E-state index contributed by atoms with van der Waals surface area (Å²) >= 11 is 5.64. The Morgan fingerprint density at radius 3 is 2.63 bits per heavy atom. The number of nitrogens with zero attached hydrogens (tertiary/aromatic N) is 3. The van der Waals surface area contributed by atoms with Crippen molar-refractivity contribution in [1.82, 2.24) is 9.78 Å². The lowest BCUT2D eigenvalue weighted by molar-refractivity contribution is -0.389. The number of aldehydes is 1. The van der Waals surface area contributed by atoms with E-state index in [9.17, 15) is 14.9 Å². The van der Waals surface area contributed by atoms with Crippen LogP contribution in [-0.4, -0.2) is 21.0 Å². The molecule has 98 valence electrons. The van der Waals surface area contributed by atoms with E-state index in [0.29, 0.717) is 11.3 Å². The Morgan fingerprint density at radius 1 is 1.42 bits per heavy atom. The first-order chi connectivity index (χ1) is 9.10. The van der Waals surface area contributed by atoms with Crippen molar-refractivity contribution in [3.8, 4) is 5.75 Å². The van der Waals surface area contributed by atoms with Gasteiger partial charge in [0.05, 0.1) is 11.3 Å². The first-order valence-electron chi connectivity index (χ1n) is 5.15. The van der Waals surface area contributed by atoms with Gasteiger partial charge in [0.25, 0.3) is 0 Å². The average Bonchev–Trinajstić information content (AvgIpc) is 2.78. The highest BCUT2D eigenvalue weighted by Crippen LogP contribution is 2.21. The molecule has 0 amide bonds. The van der Waals surface area contributed by atoms with Crippen molar-refractivity contribution in [3.05, 3.63) is 51.2 Å². The fraction of sp³-hybridized carbons (Fsp3) is 0.0909. The molecule has 0 N–H and O–H groups in total. The van der Waals surface area contributed by atoms with E-state index in [1.54, 1.807) is 24.3 Å². The summed E-state index contributed by atoms with van der Waals surface area (Å²) in [6, 6.07) is 6.42. The van der Waals surface area contributed by atoms with Crippen molar-refractivity contribution in [2.75, 3.05) is 0 Å². The highest BCUT2D eigenvalue weighted by molar-refractivity contribution is 6.32. The van der Waals surface area contributed by atoms with E-state index in [4.69, 9.17) is 16.3 Å². The number of hydrogen-bond donors (Lipinski definition) is 0. The molecule has 0 bridgehead atoms. The fourth-order valence-corrected chi connectivity index (χ4v) is 1.58. The van der Waals surface area contributed by atoms with Crippen molar-refractivity contribution in [1.29, 1.82) is 0 Å². The molecule has 0 aliphatic rings. The summed E-state index contributed by atoms with van der Waals surface area (Å²) in [4.78, 5) is 20.4. The molecule has 2 rings (SSSR count). The van der Waals surface area contributed by atoms with Crippen LogP contribution in [0.5, 0.6) is 5.75 Å². The Labute approximate surface area is 112 Å². The topological polar surface area (TPSA) is 87.3 Å². The molecule has 0 saturated heterocycles. The average molecular weight is 282 g/mol. The molecule has 1 heterocycles. The van der Waals surface area contributed by atoms with Crippen LogP contribution in [0.15, 0.2) is 30.5 Å². The van der Waals surface area contributed by atoms with Crippen LogP contribution in [0.1, 0.15) is 10.4 Å². The van der Waals surface area contributed by atoms with Gasteiger partial charge in [0.15, 0.2) is 5.02 Å². The van der Waals surface area contributed by atoms with E-state index < -0.39 is 10.7 Å². The molecule has 8 heteroatoms. The number of ether oxygens (including phenoxy) is 1. The summed E-state index contributed by atoms with van der Waals surface area (Å²) < 4.78 is 6.56. The van der Waals surface area contributed by atoms with Gasteiger partial charge in [-0.05, 0) is 29.2 Å². The number of carbonyl (C=O) groups is 1. The molecular weight excluding hydrogens is 274 g/mol. The summed E-state index contributed by atoms with van der Waals surface area (Å²) in [5.74, 6) is 0.0986. The van der Waals surface area contributed by atoms with E-state index in [-0.39, 0.29) is 11.8 Å². The molecule has 0 saturated carbocycles. The molecule has 0 aliphatic heterocycles. The van der Waals surface area contributed by atoms with Gasteiger partial charge in [-0.15, -0.1) is 4.68 Å². The second-order valence-corrected chi connectivity index (χ2v) is 3.96. The monoisotopic (exact) mass is 281 g/mol. The maximum Gasteiger partial charge on any atom is 0.408 e. The predicted octanol–water partition coefficient (Wildman–Crippen LogP) is 2.29. The van der Waals surface area contributed by atoms with Crippen LogP contribution in [0.4, 0.5) is 5.82 Å². The largest absolute Gasteiger partial charge is 0.469 e. The number of carbonyl (C=O) groups excluding carboxylic acids is 1. The number of nitro groups is 1. The number of hydrogen-bond acceptors (Lipinski definition) is 5. The van der Waals surface area contributed by atoms with Crippen LogP contribution in [0.3, 0.4) is 0 Å². The Morgan fingerprint density at radius 2 is 2.11 bits per heavy atom. The van der Waals surface area contributed by atoms with E-state index in [1.165, 1.54) is 10.9 Å². The second-order valence-electron chi connectivity index (χ2n) is 3.56. The minimum absolute atomic E-state index is 0.0198. The van der Waals surface area contributed by atoms with Gasteiger partial charge in [0.1, 0.15) is 12.0 Å². The lowest BCUT2D eigenvalue weighted by atomic mass is 10.2. The number of benzene rings is 1. The van der Waals surface area contributed by atoms with Gasteiger partial charge in [-0.25, -0.2) is 0 Å². The Hall–Kier alpha value is -2.41. The van der Waals surface area contributed by atoms with Gasteiger partial charge in [0.2, 0.25) is 6.73 Å². The molecule has 0 atom stereocenters. The van der Waals surface area contributed by atoms with E-state index in [2.05, 4.69) is 5.10 Å². The smallest absolute Gasteiger partial charge is 0.408 e. The molecule has 0 unspecified atom stereocenters. The van der Waals surface area contributed by atoms with Crippen LogP contribution < -0.4 is 4.74 Å². The lowest BCUT2D eigenvalue weighted by Gasteiger charge is -2.03. The molecule has 7 nitrogen and oxygen atoms in total. The van der Waals surface area contributed by atoms with Gasteiger partial charge in [-0.3, -0.25) is 4.79 Å². The molecule has 0 aliphatic carbocycles. The quantitative estimate of drug-likeness (QED) is 0.477. The van der Waals surface area contributed by atoms with Crippen LogP contribution in [0, 0.1) is 10.1 Å². The van der Waals surface area contributed by atoms with Crippen molar-refractivity contribution < 1.29 is 14.5 Å². The van der Waals surface area contributed by atoms with Gasteiger partial charge < -0.3 is 14.9 Å². The first-order valence-corrected chi connectivity index (χ1v) is 5.53. The summed E-state index contributed by atoms with van der Waals surface area (Å²) in [5.41, 5.74) is 0.533. The van der Waals surface area contributed by atoms with Crippen molar-refractivity contribution >= 4 is 23.7 Å². The fourth-order valence-electron chi connectivity index (χ4n) is 1.36. The maximum atomic E-state index is 10.6. The van der Waals surface area contributed by atoms with E-state index in [0.717, 1.165) is 6.29 Å². The number of rotatable bonds is 5. The summed E-state index contributed by atoms with van der Waals surface area (Å²) in [6.45, 7) is -0.0198. The van der Waals surface area contributed by atoms with Crippen molar-refractivity contribution in [3.63, 3.8) is 0 Å². The molecule has 0 radical (unpaired) electrons. The highest BCUT2D eigenvalue weighted by Gasteiger charge is 2.18. The summed E-state index contributed by atoms with van der Waals surface area (Å²) in [6.07, 6.45) is 2.03. The molecule has 1 aromatic heterocycles. The second kappa shape index (κ2) is 5.49. The predicted molar refractivity (Wildman–Crippen MR) is 66.3 cm³/mol. The Kier molecular flexibility index (Phi) is 3.76. The zero-order valence-electron chi connectivity index (χ0n) is 9.52. The number of halogens is 1. The SMILES string of the molecule is O=Cc1ccc(OCn2cc(Cl)c([N+](=O)[O-])n2)cc1. The third-order valence-corrected chi connectivity index (χ3v) is 2.52. The third-order valence-electron chi connectivity index (χ3n) is 2.25. The molecule has 19 heavy (non-hydrogen) atoms. The van der Waals surface area contributed by atoms with Crippen molar-refractivity contribution in [2.45, 2.75) is 6.73 Å². The normalized spacial score (nSPS) is 10.2. The van der Waals surface area contributed by atoms with Gasteiger partial charge >= 0.3 is 5.82 Å². The minimum atomic E-state index is -0.669. The van der Waals surface area contributed by atoms with Gasteiger partial charge in [0, 0.05) is 5.56 Å². The van der Waals surface area contributed by atoms with Gasteiger partial charge in [-0.2, -0.15) is 0 Å². The lowest BCUT2D eigenvalue weighted by Crippen LogP contribution is -2.06. The van der Waals surface area contributed by atoms with Crippen LogP contribution in [-0.2, 0) is 6.73 Å². The molecule has 0 fully saturated rings. The van der Waals surface area contributed by atoms with Gasteiger partial charge in [-0.1, -0.05) is 11.6 Å². The summed E-state index contributed by atoms with van der Waals surface area (Å²) in [7, 11) is 0. The highest BCUT2D eigenvalue weighted by atomic mass is 35.5.